The maximum atomic E-state index is 14.1. The minimum atomic E-state index is -3.34. The molecule has 2 atom stereocenters. The molecule has 2 amide bonds. The van der Waals surface area contributed by atoms with Crippen molar-refractivity contribution < 1.29 is 28.6 Å². The molecule has 7 nitrogen and oxygen atoms in total. The number of carbonyl (C=O) groups is 2. The lowest BCUT2D eigenvalue weighted by Crippen LogP contribution is -2.53. The third-order valence-corrected chi connectivity index (χ3v) is 10.3. The number of hydrogen-bond donors (Lipinski definition) is 2. The second-order valence-electron chi connectivity index (χ2n) is 12.3. The van der Waals surface area contributed by atoms with Crippen LogP contribution in [0.2, 0.25) is 15.1 Å². The van der Waals surface area contributed by atoms with E-state index in [4.69, 9.17) is 34.8 Å². The summed E-state index contributed by atoms with van der Waals surface area (Å²) < 4.78 is 28.3. The molecule has 12 heteroatoms. The van der Waals surface area contributed by atoms with E-state index in [1.807, 2.05) is 12.1 Å². The molecule has 0 saturated carbocycles. The summed E-state index contributed by atoms with van der Waals surface area (Å²) in [6, 6.07) is 9.08. The first-order valence-electron chi connectivity index (χ1n) is 15.2. The van der Waals surface area contributed by atoms with Gasteiger partial charge in [-0.1, -0.05) is 34.8 Å². The normalized spacial score (nSPS) is 21.6. The highest BCUT2D eigenvalue weighted by Crippen LogP contribution is 2.37. The molecule has 240 valence electrons. The van der Waals surface area contributed by atoms with Crippen molar-refractivity contribution >= 4 is 52.3 Å². The van der Waals surface area contributed by atoms with Gasteiger partial charge in [0.15, 0.2) is 0 Å². The van der Waals surface area contributed by atoms with Crippen molar-refractivity contribution in [2.45, 2.75) is 63.0 Å². The Balaban J connectivity index is 1.12. The van der Waals surface area contributed by atoms with Crippen molar-refractivity contribution in [1.29, 1.82) is 0 Å². The summed E-state index contributed by atoms with van der Waals surface area (Å²) in [7, 11) is 0. The Morgan fingerprint density at radius 3 is 2.07 bits per heavy atom. The summed E-state index contributed by atoms with van der Waals surface area (Å²) in [5.41, 5.74) is -1.89. The lowest BCUT2D eigenvalue weighted by Gasteiger charge is -2.39. The summed E-state index contributed by atoms with van der Waals surface area (Å²) in [5, 5.41) is 21.0. The van der Waals surface area contributed by atoms with Gasteiger partial charge in [0.1, 0.15) is 0 Å². The first-order chi connectivity index (χ1) is 21.0. The number of rotatable bonds is 8. The Hall–Kier alpha value is -2.17. The first kappa shape index (κ1) is 33.2. The van der Waals surface area contributed by atoms with Crippen LogP contribution in [0.4, 0.5) is 14.5 Å². The summed E-state index contributed by atoms with van der Waals surface area (Å²) in [6.07, 6.45) is 2.67. The number of anilines is 1. The molecular weight excluding hydrogens is 635 g/mol. The van der Waals surface area contributed by atoms with Crippen LogP contribution in [0.1, 0.15) is 60.9 Å². The SMILES string of the molecule is O=C(c1ccc(N2CCC(CC3CCN(C(=O)[C@](O)(c4cc(Cl)cc(Cl)c4)C(F)F)CC3)CC2)cc1Cl)N1CCC[C@@H]1CO. The molecule has 3 heterocycles. The molecule has 3 aliphatic heterocycles. The van der Waals surface area contributed by atoms with E-state index in [1.54, 1.807) is 11.0 Å². The molecule has 0 spiro atoms. The Morgan fingerprint density at radius 1 is 0.886 bits per heavy atom. The summed E-state index contributed by atoms with van der Waals surface area (Å²) in [5.74, 6) is -0.300. The van der Waals surface area contributed by atoms with E-state index >= 15 is 0 Å². The van der Waals surface area contributed by atoms with E-state index in [9.17, 15) is 28.6 Å². The van der Waals surface area contributed by atoms with Crippen LogP contribution in [0.25, 0.3) is 0 Å². The number of amides is 2. The number of aliphatic hydroxyl groups excluding tert-OH is 1. The average Bonchev–Trinajstić information content (AvgIpc) is 3.49. The van der Waals surface area contributed by atoms with Crippen LogP contribution < -0.4 is 4.90 Å². The van der Waals surface area contributed by atoms with Crippen LogP contribution in [-0.2, 0) is 10.4 Å². The van der Waals surface area contributed by atoms with Crippen molar-refractivity contribution in [3.05, 3.63) is 62.6 Å². The molecule has 0 aliphatic carbocycles. The van der Waals surface area contributed by atoms with Crippen LogP contribution in [0, 0.1) is 11.8 Å². The molecule has 0 radical (unpaired) electrons. The molecular formula is C32H38Cl3F2N3O4. The number of benzene rings is 2. The maximum absolute atomic E-state index is 14.1. The highest BCUT2D eigenvalue weighted by atomic mass is 35.5. The Bertz CT molecular complexity index is 1330. The predicted molar refractivity (Wildman–Crippen MR) is 168 cm³/mol. The summed E-state index contributed by atoms with van der Waals surface area (Å²) in [6.45, 7) is 2.88. The number of halogens is 5. The number of hydrogen-bond acceptors (Lipinski definition) is 5. The molecule has 0 bridgehead atoms. The number of alkyl halides is 2. The fraction of sp³-hybridized carbons (Fsp3) is 0.562. The first-order valence-corrected chi connectivity index (χ1v) is 16.4. The van der Waals surface area contributed by atoms with Crippen molar-refractivity contribution in [2.75, 3.05) is 44.2 Å². The molecule has 3 saturated heterocycles. The van der Waals surface area contributed by atoms with Gasteiger partial charge in [-0.3, -0.25) is 9.59 Å². The monoisotopic (exact) mass is 671 g/mol. The van der Waals surface area contributed by atoms with Crippen LogP contribution in [0.15, 0.2) is 36.4 Å². The fourth-order valence-corrected chi connectivity index (χ4v) is 7.73. The lowest BCUT2D eigenvalue weighted by atomic mass is 9.82. The largest absolute Gasteiger partial charge is 0.394 e. The van der Waals surface area contributed by atoms with Gasteiger partial charge in [0, 0.05) is 54.0 Å². The number of likely N-dealkylation sites (tertiary alicyclic amines) is 2. The second-order valence-corrected chi connectivity index (χ2v) is 13.5. The number of aliphatic hydroxyl groups is 2. The minimum absolute atomic E-state index is 0.0462. The summed E-state index contributed by atoms with van der Waals surface area (Å²) >= 11 is 18.5. The zero-order valence-corrected chi connectivity index (χ0v) is 26.7. The lowest BCUT2D eigenvalue weighted by molar-refractivity contribution is -0.173. The molecule has 5 rings (SSSR count). The van der Waals surface area contributed by atoms with Gasteiger partial charge in [0.05, 0.1) is 23.2 Å². The molecule has 0 aromatic heterocycles. The average molecular weight is 673 g/mol. The van der Waals surface area contributed by atoms with Crippen molar-refractivity contribution in [1.82, 2.24) is 9.80 Å². The fourth-order valence-electron chi connectivity index (χ4n) is 6.95. The molecule has 0 unspecified atom stereocenters. The van der Waals surface area contributed by atoms with Crippen LogP contribution >= 0.6 is 34.8 Å². The van der Waals surface area contributed by atoms with Crippen molar-refractivity contribution in [3.63, 3.8) is 0 Å². The Labute approximate surface area is 271 Å². The topological polar surface area (TPSA) is 84.3 Å². The molecule has 2 N–H and O–H groups in total. The molecule has 44 heavy (non-hydrogen) atoms. The third kappa shape index (κ3) is 6.97. The standard InChI is InChI=1S/C32H38Cl3F2N3O4/c33-23-15-22(16-24(34)17-23)32(44,30(36)37)31(43)39-12-7-21(8-13-39)14-20-5-10-38(11-6-20)25-3-4-27(28(35)18-25)29(42)40-9-1-2-26(40)19-41/h3-4,15-18,20-21,26,30,41,44H,1-2,5-14,19H2/t26-,32+/m1/s1. The van der Waals surface area contributed by atoms with Gasteiger partial charge < -0.3 is 24.9 Å². The van der Waals surface area contributed by atoms with Crippen LogP contribution in [-0.4, -0.2) is 83.6 Å². The molecule has 2 aromatic carbocycles. The van der Waals surface area contributed by atoms with E-state index in [1.165, 1.54) is 11.0 Å². The van der Waals surface area contributed by atoms with E-state index in [0.29, 0.717) is 54.9 Å². The Kier molecular flexibility index (Phi) is 10.6. The second kappa shape index (κ2) is 14.1. The van der Waals surface area contributed by atoms with Gasteiger partial charge in [-0.15, -0.1) is 0 Å². The minimum Gasteiger partial charge on any atom is -0.394 e. The molecule has 2 aromatic rings. The number of nitrogens with zero attached hydrogens (tertiary/aromatic N) is 3. The maximum Gasteiger partial charge on any atom is 0.280 e. The van der Waals surface area contributed by atoms with Crippen LogP contribution in [0.3, 0.4) is 0 Å². The molecule has 3 fully saturated rings. The highest BCUT2D eigenvalue weighted by molar-refractivity contribution is 6.35. The van der Waals surface area contributed by atoms with Gasteiger partial charge in [0.2, 0.25) is 5.60 Å². The zero-order valence-electron chi connectivity index (χ0n) is 24.4. The quantitative estimate of drug-likeness (QED) is 0.347. The Morgan fingerprint density at radius 2 is 1.50 bits per heavy atom. The van der Waals surface area contributed by atoms with Gasteiger partial charge in [-0.05, 0) is 93.2 Å². The van der Waals surface area contributed by atoms with Crippen molar-refractivity contribution in [3.8, 4) is 0 Å². The number of carbonyl (C=O) groups excluding carboxylic acids is 2. The number of piperidine rings is 2. The smallest absolute Gasteiger partial charge is 0.280 e. The van der Waals surface area contributed by atoms with E-state index in [0.717, 1.165) is 63.0 Å². The summed E-state index contributed by atoms with van der Waals surface area (Å²) in [4.78, 5) is 31.5. The van der Waals surface area contributed by atoms with Gasteiger partial charge in [-0.2, -0.15) is 0 Å². The van der Waals surface area contributed by atoms with Crippen LogP contribution in [0.5, 0.6) is 0 Å². The zero-order chi connectivity index (χ0) is 31.6. The molecule has 3 aliphatic rings. The van der Waals surface area contributed by atoms with E-state index in [2.05, 4.69) is 4.90 Å². The van der Waals surface area contributed by atoms with Crippen molar-refractivity contribution in [2.24, 2.45) is 11.8 Å². The third-order valence-electron chi connectivity index (χ3n) is 9.52. The van der Waals surface area contributed by atoms with Gasteiger partial charge in [-0.25, -0.2) is 8.78 Å². The van der Waals surface area contributed by atoms with Gasteiger partial charge >= 0.3 is 0 Å². The predicted octanol–water partition coefficient (Wildman–Crippen LogP) is 6.24. The highest BCUT2D eigenvalue weighted by Gasteiger charge is 2.50. The van der Waals surface area contributed by atoms with E-state index in [-0.39, 0.29) is 34.2 Å². The van der Waals surface area contributed by atoms with E-state index < -0.39 is 17.9 Å². The van der Waals surface area contributed by atoms with Gasteiger partial charge in [0.25, 0.3) is 18.2 Å².